The number of rotatable bonds is 5. The van der Waals surface area contributed by atoms with Gasteiger partial charge >= 0.3 is 0 Å². The Morgan fingerprint density at radius 3 is 2.36 bits per heavy atom. The molecule has 1 heterocycles. The molecule has 4 nitrogen and oxygen atoms in total. The van der Waals surface area contributed by atoms with Gasteiger partial charge in [-0.2, -0.15) is 0 Å². The van der Waals surface area contributed by atoms with E-state index in [9.17, 15) is 8.42 Å². The van der Waals surface area contributed by atoms with Gasteiger partial charge in [-0.25, -0.2) is 13.1 Å². The molecule has 0 amide bonds. The van der Waals surface area contributed by atoms with Crippen molar-refractivity contribution in [1.29, 1.82) is 0 Å². The van der Waals surface area contributed by atoms with Crippen molar-refractivity contribution in [3.63, 3.8) is 0 Å². The standard InChI is InChI=1S/C20H26N2O2S/c1-15-12-16(2)20(17(3)13-15)25(23,24)21-14-19-10-7-11-22(19)18-8-5-4-6-9-18/h4-6,8-9,12-13,19,21H,7,10-11,14H2,1-3H3. The Morgan fingerprint density at radius 1 is 1.08 bits per heavy atom. The Bertz CT molecular complexity index is 824. The van der Waals surface area contributed by atoms with Gasteiger partial charge in [0, 0.05) is 24.8 Å². The van der Waals surface area contributed by atoms with E-state index in [-0.39, 0.29) is 6.04 Å². The van der Waals surface area contributed by atoms with Crippen LogP contribution in [0.5, 0.6) is 0 Å². The van der Waals surface area contributed by atoms with Gasteiger partial charge in [-0.1, -0.05) is 35.9 Å². The average molecular weight is 359 g/mol. The minimum Gasteiger partial charge on any atom is -0.367 e. The van der Waals surface area contributed by atoms with Crippen molar-refractivity contribution in [3.8, 4) is 0 Å². The van der Waals surface area contributed by atoms with Gasteiger partial charge in [0.15, 0.2) is 0 Å². The van der Waals surface area contributed by atoms with E-state index < -0.39 is 10.0 Å². The Labute approximate surface area is 150 Å². The molecule has 1 aliphatic rings. The van der Waals surface area contributed by atoms with Gasteiger partial charge < -0.3 is 4.90 Å². The molecule has 1 aliphatic heterocycles. The van der Waals surface area contributed by atoms with Crippen molar-refractivity contribution in [3.05, 3.63) is 59.2 Å². The fourth-order valence-corrected chi connectivity index (χ4v) is 5.40. The van der Waals surface area contributed by atoms with E-state index in [1.807, 2.05) is 51.1 Å². The number of anilines is 1. The summed E-state index contributed by atoms with van der Waals surface area (Å²) in [5.74, 6) is 0. The number of aryl methyl sites for hydroxylation is 3. The van der Waals surface area contributed by atoms with E-state index in [1.165, 1.54) is 0 Å². The summed E-state index contributed by atoms with van der Waals surface area (Å²) in [7, 11) is -3.51. The molecule has 0 bridgehead atoms. The maximum atomic E-state index is 12.9. The largest absolute Gasteiger partial charge is 0.367 e. The van der Waals surface area contributed by atoms with Crippen LogP contribution >= 0.6 is 0 Å². The summed E-state index contributed by atoms with van der Waals surface area (Å²) in [6, 6.07) is 14.3. The summed E-state index contributed by atoms with van der Waals surface area (Å²) in [6.45, 7) is 7.11. The smallest absolute Gasteiger partial charge is 0.241 e. The zero-order valence-corrected chi connectivity index (χ0v) is 15.9. The second kappa shape index (κ2) is 7.18. The fourth-order valence-electron chi connectivity index (χ4n) is 3.88. The highest BCUT2D eigenvalue weighted by atomic mass is 32.2. The SMILES string of the molecule is Cc1cc(C)c(S(=O)(=O)NCC2CCCN2c2ccccc2)c(C)c1. The van der Waals surface area contributed by atoms with Crippen molar-refractivity contribution >= 4 is 15.7 Å². The quantitative estimate of drug-likeness (QED) is 0.889. The summed E-state index contributed by atoms with van der Waals surface area (Å²) < 4.78 is 28.6. The number of benzene rings is 2. The van der Waals surface area contributed by atoms with Gasteiger partial charge in [0.05, 0.1) is 4.90 Å². The molecular weight excluding hydrogens is 332 g/mol. The van der Waals surface area contributed by atoms with Crippen LogP contribution in [0.25, 0.3) is 0 Å². The number of hydrogen-bond acceptors (Lipinski definition) is 3. The van der Waals surface area contributed by atoms with Crippen LogP contribution < -0.4 is 9.62 Å². The molecule has 25 heavy (non-hydrogen) atoms. The Morgan fingerprint density at radius 2 is 1.72 bits per heavy atom. The topological polar surface area (TPSA) is 49.4 Å². The molecule has 1 unspecified atom stereocenters. The molecule has 0 saturated carbocycles. The van der Waals surface area contributed by atoms with Gasteiger partial charge in [0.25, 0.3) is 0 Å². The molecule has 1 fully saturated rings. The maximum Gasteiger partial charge on any atom is 0.241 e. The first kappa shape index (κ1) is 18.0. The first-order chi connectivity index (χ1) is 11.9. The van der Waals surface area contributed by atoms with Crippen LogP contribution in [0.2, 0.25) is 0 Å². The van der Waals surface area contributed by atoms with Gasteiger partial charge in [-0.3, -0.25) is 0 Å². The van der Waals surface area contributed by atoms with Gasteiger partial charge in [0.2, 0.25) is 10.0 Å². The van der Waals surface area contributed by atoms with Crippen molar-refractivity contribution in [2.75, 3.05) is 18.0 Å². The molecule has 0 spiro atoms. The number of nitrogens with one attached hydrogen (secondary N) is 1. The number of hydrogen-bond donors (Lipinski definition) is 1. The lowest BCUT2D eigenvalue weighted by molar-refractivity contribution is 0.566. The summed E-state index contributed by atoms with van der Waals surface area (Å²) in [6.07, 6.45) is 2.09. The third kappa shape index (κ3) is 3.88. The van der Waals surface area contributed by atoms with E-state index in [4.69, 9.17) is 0 Å². The lowest BCUT2D eigenvalue weighted by atomic mass is 10.1. The molecule has 1 atom stereocenters. The average Bonchev–Trinajstić information content (AvgIpc) is 3.01. The molecule has 3 rings (SSSR count). The van der Waals surface area contributed by atoms with Crippen LogP contribution in [-0.2, 0) is 10.0 Å². The van der Waals surface area contributed by atoms with Crippen LogP contribution in [0, 0.1) is 20.8 Å². The molecule has 0 aliphatic carbocycles. The van der Waals surface area contributed by atoms with Gasteiger partial charge in [-0.05, 0) is 56.9 Å². The molecule has 5 heteroatoms. The predicted octanol–water partition coefficient (Wildman–Crippen LogP) is 3.56. The van der Waals surface area contributed by atoms with Crippen LogP contribution in [0.3, 0.4) is 0 Å². The van der Waals surface area contributed by atoms with Crippen LogP contribution in [0.15, 0.2) is 47.4 Å². The van der Waals surface area contributed by atoms with E-state index in [0.29, 0.717) is 11.4 Å². The summed E-state index contributed by atoms with van der Waals surface area (Å²) in [5.41, 5.74) is 3.85. The lowest BCUT2D eigenvalue weighted by Gasteiger charge is -2.27. The fraction of sp³-hybridized carbons (Fsp3) is 0.400. The van der Waals surface area contributed by atoms with Crippen LogP contribution in [-0.4, -0.2) is 27.5 Å². The highest BCUT2D eigenvalue weighted by Gasteiger charge is 2.27. The molecule has 1 saturated heterocycles. The molecule has 134 valence electrons. The van der Waals surface area contributed by atoms with E-state index in [2.05, 4.69) is 21.8 Å². The zero-order chi connectivity index (χ0) is 18.0. The maximum absolute atomic E-state index is 12.9. The highest BCUT2D eigenvalue weighted by molar-refractivity contribution is 7.89. The van der Waals surface area contributed by atoms with Crippen molar-refractivity contribution in [2.24, 2.45) is 0 Å². The third-order valence-electron chi connectivity index (χ3n) is 4.85. The first-order valence-electron chi connectivity index (χ1n) is 8.78. The second-order valence-corrected chi connectivity index (χ2v) is 8.61. The van der Waals surface area contributed by atoms with Gasteiger partial charge in [0.1, 0.15) is 0 Å². The molecular formula is C20H26N2O2S. The summed E-state index contributed by atoms with van der Waals surface area (Å²) >= 11 is 0. The third-order valence-corrected chi connectivity index (χ3v) is 6.58. The number of sulfonamides is 1. The van der Waals surface area contributed by atoms with Crippen molar-refractivity contribution < 1.29 is 8.42 Å². The minimum atomic E-state index is -3.51. The van der Waals surface area contributed by atoms with Crippen LogP contribution in [0.1, 0.15) is 29.5 Å². The molecule has 0 radical (unpaired) electrons. The summed E-state index contributed by atoms with van der Waals surface area (Å²) in [5, 5.41) is 0. The minimum absolute atomic E-state index is 0.197. The normalized spacial score (nSPS) is 17.9. The molecule has 0 aromatic heterocycles. The van der Waals surface area contributed by atoms with E-state index in [0.717, 1.165) is 41.8 Å². The number of para-hydroxylation sites is 1. The zero-order valence-electron chi connectivity index (χ0n) is 15.1. The van der Waals surface area contributed by atoms with E-state index in [1.54, 1.807) is 0 Å². The molecule has 2 aromatic rings. The van der Waals surface area contributed by atoms with E-state index >= 15 is 0 Å². The Kier molecular flexibility index (Phi) is 5.16. The Balaban J connectivity index is 1.76. The summed E-state index contributed by atoms with van der Waals surface area (Å²) in [4.78, 5) is 2.72. The van der Waals surface area contributed by atoms with Gasteiger partial charge in [-0.15, -0.1) is 0 Å². The van der Waals surface area contributed by atoms with Crippen molar-refractivity contribution in [1.82, 2.24) is 4.72 Å². The monoisotopic (exact) mass is 358 g/mol. The highest BCUT2D eigenvalue weighted by Crippen LogP contribution is 2.26. The molecule has 2 aromatic carbocycles. The number of nitrogens with zero attached hydrogens (tertiary/aromatic N) is 1. The molecule has 1 N–H and O–H groups in total. The van der Waals surface area contributed by atoms with Crippen molar-refractivity contribution in [2.45, 2.75) is 44.6 Å². The Hall–Kier alpha value is -1.85. The first-order valence-corrected chi connectivity index (χ1v) is 10.3. The predicted molar refractivity (Wildman–Crippen MR) is 103 cm³/mol. The lowest BCUT2D eigenvalue weighted by Crippen LogP contribution is -2.40. The van der Waals surface area contributed by atoms with Crippen LogP contribution in [0.4, 0.5) is 5.69 Å². The second-order valence-electron chi connectivity index (χ2n) is 6.90.